The number of rotatable bonds is 6. The number of ether oxygens (including phenoxy) is 2. The summed E-state index contributed by atoms with van der Waals surface area (Å²) in [6.45, 7) is 7.23. The highest BCUT2D eigenvalue weighted by molar-refractivity contribution is 9.11. The molecule has 39 heavy (non-hydrogen) atoms. The highest BCUT2D eigenvalue weighted by atomic mass is 79.9. The molecule has 1 unspecified atom stereocenters. The lowest BCUT2D eigenvalue weighted by atomic mass is 10.00. The standard InChI is InChI=1S/C30H35BrN2O5S/c1-30(2,3)38-29(36)32-15-13-25(14-16-32)33(27(34)26-17-24(31)19-39-26)18-20-5-7-21(8-6-20)22-9-11-23(12-10-22)28(35)37-4/h5-12,19,25-26H,13-18H2,1-4H3. The summed E-state index contributed by atoms with van der Waals surface area (Å²) in [5.41, 5.74) is 3.04. The fourth-order valence-corrected chi connectivity index (χ4v) is 6.55. The topological polar surface area (TPSA) is 76.2 Å². The van der Waals surface area contributed by atoms with Crippen LogP contribution in [0.4, 0.5) is 4.79 Å². The van der Waals surface area contributed by atoms with Crippen molar-refractivity contribution in [2.24, 2.45) is 0 Å². The van der Waals surface area contributed by atoms with Crippen LogP contribution in [-0.4, -0.2) is 64.9 Å². The lowest BCUT2D eigenvalue weighted by molar-refractivity contribution is -0.134. The smallest absolute Gasteiger partial charge is 0.410 e. The number of allylic oxidation sites excluding steroid dienone is 1. The van der Waals surface area contributed by atoms with Crippen LogP contribution in [0.2, 0.25) is 0 Å². The number of esters is 1. The first-order chi connectivity index (χ1) is 18.5. The summed E-state index contributed by atoms with van der Waals surface area (Å²) in [5, 5.41) is 1.86. The molecule has 2 heterocycles. The Labute approximate surface area is 243 Å². The second-order valence-corrected chi connectivity index (χ2v) is 12.9. The number of nitrogens with zero attached hydrogens (tertiary/aromatic N) is 2. The van der Waals surface area contributed by atoms with Crippen molar-refractivity contribution in [3.63, 3.8) is 0 Å². The molecule has 0 aliphatic carbocycles. The number of hydrogen-bond acceptors (Lipinski definition) is 6. The van der Waals surface area contributed by atoms with E-state index in [1.807, 2.05) is 55.3 Å². The maximum absolute atomic E-state index is 13.7. The second kappa shape index (κ2) is 12.6. The number of carbonyl (C=O) groups excluding carboxylic acids is 3. The van der Waals surface area contributed by atoms with Gasteiger partial charge in [0, 0.05) is 36.6 Å². The summed E-state index contributed by atoms with van der Waals surface area (Å²) in [5.74, 6) is -0.231. The molecular formula is C30H35BrN2O5S. The number of benzene rings is 2. The first-order valence-electron chi connectivity index (χ1n) is 13.1. The van der Waals surface area contributed by atoms with Gasteiger partial charge in [0.05, 0.1) is 17.9 Å². The van der Waals surface area contributed by atoms with Gasteiger partial charge in [0.25, 0.3) is 0 Å². The molecule has 0 saturated carbocycles. The first-order valence-corrected chi connectivity index (χ1v) is 14.8. The molecule has 0 aromatic heterocycles. The lowest BCUT2D eigenvalue weighted by Gasteiger charge is -2.39. The third kappa shape index (κ3) is 7.66. The predicted octanol–water partition coefficient (Wildman–Crippen LogP) is 6.61. The Kier molecular flexibility index (Phi) is 9.43. The number of hydrogen-bond donors (Lipinski definition) is 0. The van der Waals surface area contributed by atoms with Gasteiger partial charge in [0.1, 0.15) is 5.60 Å². The molecule has 1 fully saturated rings. The minimum absolute atomic E-state index is 0.0432. The molecule has 2 aromatic carbocycles. The van der Waals surface area contributed by atoms with Gasteiger partial charge in [-0.15, -0.1) is 11.8 Å². The van der Waals surface area contributed by atoms with E-state index in [2.05, 4.69) is 28.1 Å². The van der Waals surface area contributed by atoms with Gasteiger partial charge in [-0.3, -0.25) is 4.79 Å². The van der Waals surface area contributed by atoms with Crippen LogP contribution in [0.1, 0.15) is 56.0 Å². The number of halogens is 1. The molecule has 1 atom stereocenters. The van der Waals surface area contributed by atoms with Crippen molar-refractivity contribution in [2.45, 2.75) is 63.5 Å². The molecule has 2 aliphatic heterocycles. The Balaban J connectivity index is 1.46. The van der Waals surface area contributed by atoms with Gasteiger partial charge in [0.15, 0.2) is 0 Å². The lowest BCUT2D eigenvalue weighted by Crippen LogP contribution is -2.51. The summed E-state index contributed by atoms with van der Waals surface area (Å²) >= 11 is 5.10. The van der Waals surface area contributed by atoms with Gasteiger partial charge in [-0.2, -0.15) is 0 Å². The Bertz CT molecular complexity index is 1220. The Morgan fingerprint density at radius 3 is 2.10 bits per heavy atom. The summed E-state index contributed by atoms with van der Waals surface area (Å²) in [4.78, 5) is 41.7. The fraction of sp³-hybridized carbons (Fsp3) is 0.433. The van der Waals surface area contributed by atoms with Gasteiger partial charge in [-0.05, 0) is 67.8 Å². The van der Waals surface area contributed by atoms with Crippen LogP contribution in [0.5, 0.6) is 0 Å². The van der Waals surface area contributed by atoms with Gasteiger partial charge in [-0.1, -0.05) is 52.3 Å². The fourth-order valence-electron chi connectivity index (χ4n) is 4.75. The van der Waals surface area contributed by atoms with E-state index in [4.69, 9.17) is 9.47 Å². The third-order valence-electron chi connectivity index (χ3n) is 6.80. The summed E-state index contributed by atoms with van der Waals surface area (Å²) in [6.07, 6.45) is 1.81. The number of piperidine rings is 1. The maximum Gasteiger partial charge on any atom is 0.410 e. The molecule has 9 heteroatoms. The Hall–Kier alpha value is -2.78. The van der Waals surface area contributed by atoms with Crippen LogP contribution in [0.15, 0.2) is 58.4 Å². The molecule has 2 aliphatic rings. The SMILES string of the molecule is COC(=O)c1ccc(-c2ccc(CN(C(=O)C3CC(Br)=CS3)C3CCN(C(=O)OC(C)(C)C)CC3)cc2)cc1. The van der Waals surface area contributed by atoms with Crippen molar-refractivity contribution in [1.82, 2.24) is 9.80 Å². The van der Waals surface area contributed by atoms with Crippen molar-refractivity contribution in [2.75, 3.05) is 20.2 Å². The van der Waals surface area contributed by atoms with Gasteiger partial charge in [-0.25, -0.2) is 9.59 Å². The maximum atomic E-state index is 13.7. The molecule has 2 amide bonds. The number of amides is 2. The largest absolute Gasteiger partial charge is 0.465 e. The van der Waals surface area contributed by atoms with E-state index in [0.29, 0.717) is 44.5 Å². The van der Waals surface area contributed by atoms with Gasteiger partial charge >= 0.3 is 12.1 Å². The summed E-state index contributed by atoms with van der Waals surface area (Å²) in [7, 11) is 1.37. The van der Waals surface area contributed by atoms with Crippen molar-refractivity contribution >= 4 is 45.7 Å². The van der Waals surface area contributed by atoms with E-state index in [0.717, 1.165) is 21.2 Å². The molecule has 1 saturated heterocycles. The van der Waals surface area contributed by atoms with E-state index >= 15 is 0 Å². The minimum atomic E-state index is -0.536. The zero-order chi connectivity index (χ0) is 28.2. The van der Waals surface area contributed by atoms with Crippen LogP contribution < -0.4 is 0 Å². The summed E-state index contributed by atoms with van der Waals surface area (Å²) < 4.78 is 11.4. The van der Waals surface area contributed by atoms with E-state index < -0.39 is 5.60 Å². The number of carbonyl (C=O) groups is 3. The molecule has 0 N–H and O–H groups in total. The highest BCUT2D eigenvalue weighted by Gasteiger charge is 2.35. The van der Waals surface area contributed by atoms with Crippen LogP contribution in [0, 0.1) is 0 Å². The van der Waals surface area contributed by atoms with E-state index in [1.165, 1.54) is 7.11 Å². The van der Waals surface area contributed by atoms with E-state index in [9.17, 15) is 14.4 Å². The predicted molar refractivity (Wildman–Crippen MR) is 158 cm³/mol. The van der Waals surface area contributed by atoms with Crippen molar-refractivity contribution in [1.29, 1.82) is 0 Å². The van der Waals surface area contributed by atoms with Crippen LogP contribution in [0.25, 0.3) is 11.1 Å². The van der Waals surface area contributed by atoms with Crippen LogP contribution >= 0.6 is 27.7 Å². The molecular weight excluding hydrogens is 580 g/mol. The van der Waals surface area contributed by atoms with Crippen molar-refractivity contribution in [3.05, 3.63) is 69.5 Å². The van der Waals surface area contributed by atoms with Crippen molar-refractivity contribution < 1.29 is 23.9 Å². The monoisotopic (exact) mass is 614 g/mol. The molecule has 2 aromatic rings. The van der Waals surface area contributed by atoms with Gasteiger partial charge < -0.3 is 19.3 Å². The average molecular weight is 616 g/mol. The van der Waals surface area contributed by atoms with Crippen LogP contribution in [0.3, 0.4) is 0 Å². The first kappa shape index (κ1) is 29.2. The van der Waals surface area contributed by atoms with Crippen molar-refractivity contribution in [3.8, 4) is 11.1 Å². The molecule has 0 bridgehead atoms. The molecule has 4 rings (SSSR count). The number of thioether (sulfide) groups is 1. The zero-order valence-corrected chi connectivity index (χ0v) is 25.2. The molecule has 7 nitrogen and oxygen atoms in total. The normalized spacial score (nSPS) is 17.9. The zero-order valence-electron chi connectivity index (χ0n) is 22.8. The van der Waals surface area contributed by atoms with E-state index in [-0.39, 0.29) is 29.3 Å². The Morgan fingerprint density at radius 2 is 1.59 bits per heavy atom. The number of methoxy groups -OCH3 is 1. The molecule has 208 valence electrons. The van der Waals surface area contributed by atoms with Crippen LogP contribution in [-0.2, 0) is 20.8 Å². The molecule has 0 radical (unpaired) electrons. The summed E-state index contributed by atoms with van der Waals surface area (Å²) in [6, 6.07) is 15.5. The minimum Gasteiger partial charge on any atom is -0.465 e. The van der Waals surface area contributed by atoms with E-state index in [1.54, 1.807) is 28.8 Å². The highest BCUT2D eigenvalue weighted by Crippen LogP contribution is 2.36. The number of likely N-dealkylation sites (tertiary alicyclic amines) is 1. The Morgan fingerprint density at radius 1 is 1.00 bits per heavy atom. The average Bonchev–Trinajstić information content (AvgIpc) is 3.37. The van der Waals surface area contributed by atoms with Gasteiger partial charge in [0.2, 0.25) is 5.91 Å². The second-order valence-electron chi connectivity index (χ2n) is 10.8. The third-order valence-corrected chi connectivity index (χ3v) is 8.78. The quantitative estimate of drug-likeness (QED) is 0.341. The molecule has 0 spiro atoms.